The molecule has 1 aromatic carbocycles. The topological polar surface area (TPSA) is 118 Å². The van der Waals surface area contributed by atoms with Gasteiger partial charge in [0, 0.05) is 0 Å². The molecule has 0 spiro atoms. The molecule has 0 aliphatic heterocycles. The summed E-state index contributed by atoms with van der Waals surface area (Å²) in [6.07, 6.45) is 1.80. The smallest absolute Gasteiger partial charge is 0.326 e. The van der Waals surface area contributed by atoms with Crippen molar-refractivity contribution in [1.82, 2.24) is 5.32 Å². The molecule has 1 aromatic rings. The molecule has 0 radical (unpaired) electrons. The van der Waals surface area contributed by atoms with Crippen LogP contribution in [-0.4, -0.2) is 35.6 Å². The zero-order valence-corrected chi connectivity index (χ0v) is 12.4. The highest BCUT2D eigenvalue weighted by atomic mass is 16.4. The summed E-state index contributed by atoms with van der Waals surface area (Å²) in [6.45, 7) is 2.03. The fraction of sp³-hybridized carbons (Fsp3) is 0.467. The Morgan fingerprint density at radius 1 is 1.10 bits per heavy atom. The summed E-state index contributed by atoms with van der Waals surface area (Å²) in [6, 6.07) is 10.4. The molecule has 0 saturated carbocycles. The fourth-order valence-corrected chi connectivity index (χ4v) is 1.44. The standard InChI is InChI=1S/C9H19N3O3.C6H6/c1-6(11)8(13)12-7(9(14)15)4-2-3-5-10;1-2-4-6-5-3-1/h6-7H,2-5,10-11H2,1H3,(H,12,13)(H,14,15);1-6H. The molecule has 2 atom stereocenters. The second kappa shape index (κ2) is 11.9. The van der Waals surface area contributed by atoms with E-state index in [4.69, 9.17) is 16.6 Å². The lowest BCUT2D eigenvalue weighted by Gasteiger charge is -2.15. The van der Waals surface area contributed by atoms with Gasteiger partial charge in [0.15, 0.2) is 0 Å². The van der Waals surface area contributed by atoms with Crippen LogP contribution in [0.2, 0.25) is 0 Å². The normalized spacial score (nSPS) is 12.5. The first-order valence-electron chi connectivity index (χ1n) is 6.98. The minimum absolute atomic E-state index is 0.380. The molecule has 0 fully saturated rings. The predicted octanol–water partition coefficient (Wildman–Crippen LogP) is 0.719. The van der Waals surface area contributed by atoms with Gasteiger partial charge in [0.05, 0.1) is 6.04 Å². The lowest BCUT2D eigenvalue weighted by molar-refractivity contribution is -0.142. The van der Waals surface area contributed by atoms with E-state index in [1.165, 1.54) is 6.92 Å². The van der Waals surface area contributed by atoms with E-state index in [9.17, 15) is 9.59 Å². The Morgan fingerprint density at radius 2 is 1.57 bits per heavy atom. The number of nitrogens with one attached hydrogen (secondary N) is 1. The number of aliphatic carboxylic acids is 1. The van der Waals surface area contributed by atoms with Crippen LogP contribution in [0, 0.1) is 0 Å². The molecule has 1 amide bonds. The lowest BCUT2D eigenvalue weighted by Crippen LogP contribution is -2.47. The number of unbranched alkanes of at least 4 members (excludes halogenated alkanes) is 1. The van der Waals surface area contributed by atoms with E-state index in [2.05, 4.69) is 5.32 Å². The summed E-state index contributed by atoms with van der Waals surface area (Å²) in [5.74, 6) is -1.49. The van der Waals surface area contributed by atoms with Crippen LogP contribution in [0.1, 0.15) is 26.2 Å². The van der Waals surface area contributed by atoms with Crippen LogP contribution >= 0.6 is 0 Å². The molecule has 0 saturated heterocycles. The minimum atomic E-state index is -1.04. The highest BCUT2D eigenvalue weighted by Gasteiger charge is 2.20. The number of carboxylic acids is 1. The Labute approximate surface area is 125 Å². The van der Waals surface area contributed by atoms with Gasteiger partial charge in [0.25, 0.3) is 0 Å². The molecule has 2 unspecified atom stereocenters. The number of carboxylic acid groups (broad SMARTS) is 1. The Balaban J connectivity index is 0.000000547. The van der Waals surface area contributed by atoms with Gasteiger partial charge in [-0.15, -0.1) is 0 Å². The largest absolute Gasteiger partial charge is 0.480 e. The van der Waals surface area contributed by atoms with E-state index >= 15 is 0 Å². The number of nitrogens with two attached hydrogens (primary N) is 2. The number of amides is 1. The van der Waals surface area contributed by atoms with Crippen molar-refractivity contribution in [3.8, 4) is 0 Å². The van der Waals surface area contributed by atoms with Crippen LogP contribution in [0.4, 0.5) is 0 Å². The molecule has 118 valence electrons. The second-order valence-electron chi connectivity index (χ2n) is 4.63. The molecule has 0 aliphatic carbocycles. The van der Waals surface area contributed by atoms with Crippen molar-refractivity contribution in [2.75, 3.05) is 6.54 Å². The van der Waals surface area contributed by atoms with Crippen LogP contribution in [0.15, 0.2) is 36.4 Å². The third-order valence-electron chi connectivity index (χ3n) is 2.64. The van der Waals surface area contributed by atoms with E-state index in [0.29, 0.717) is 19.4 Å². The van der Waals surface area contributed by atoms with Crippen LogP contribution in [0.5, 0.6) is 0 Å². The van der Waals surface area contributed by atoms with Gasteiger partial charge in [0.2, 0.25) is 5.91 Å². The molecule has 0 aliphatic rings. The summed E-state index contributed by atoms with van der Waals surface area (Å²) >= 11 is 0. The molecule has 6 heteroatoms. The molecule has 6 nitrogen and oxygen atoms in total. The summed E-state index contributed by atoms with van der Waals surface area (Å²) in [7, 11) is 0. The quantitative estimate of drug-likeness (QED) is 0.553. The Hall–Kier alpha value is -1.92. The van der Waals surface area contributed by atoms with Crippen molar-refractivity contribution in [2.24, 2.45) is 11.5 Å². The van der Waals surface area contributed by atoms with Crippen LogP contribution in [-0.2, 0) is 9.59 Å². The monoisotopic (exact) mass is 295 g/mol. The lowest BCUT2D eigenvalue weighted by atomic mass is 10.1. The van der Waals surface area contributed by atoms with E-state index in [1.807, 2.05) is 36.4 Å². The zero-order valence-electron chi connectivity index (χ0n) is 12.4. The Kier molecular flexibility index (Phi) is 10.8. The average Bonchev–Trinajstić information content (AvgIpc) is 2.48. The van der Waals surface area contributed by atoms with Crippen molar-refractivity contribution in [3.05, 3.63) is 36.4 Å². The average molecular weight is 295 g/mol. The van der Waals surface area contributed by atoms with Gasteiger partial charge < -0.3 is 21.9 Å². The van der Waals surface area contributed by atoms with Gasteiger partial charge >= 0.3 is 5.97 Å². The van der Waals surface area contributed by atoms with Crippen molar-refractivity contribution < 1.29 is 14.7 Å². The minimum Gasteiger partial charge on any atom is -0.480 e. The second-order valence-corrected chi connectivity index (χ2v) is 4.63. The van der Waals surface area contributed by atoms with Gasteiger partial charge in [0.1, 0.15) is 6.04 Å². The number of hydrogen-bond donors (Lipinski definition) is 4. The number of hydrogen-bond acceptors (Lipinski definition) is 4. The zero-order chi connectivity index (χ0) is 16.1. The molecule has 0 bridgehead atoms. The highest BCUT2D eigenvalue weighted by molar-refractivity contribution is 5.86. The van der Waals surface area contributed by atoms with Crippen molar-refractivity contribution >= 4 is 11.9 Å². The summed E-state index contributed by atoms with van der Waals surface area (Å²) in [5, 5.41) is 11.2. The van der Waals surface area contributed by atoms with Crippen LogP contribution in [0.25, 0.3) is 0 Å². The molecular formula is C15H25N3O3. The first kappa shape index (κ1) is 19.1. The van der Waals surface area contributed by atoms with Gasteiger partial charge in [-0.2, -0.15) is 0 Å². The van der Waals surface area contributed by atoms with Crippen molar-refractivity contribution in [3.63, 3.8) is 0 Å². The van der Waals surface area contributed by atoms with Gasteiger partial charge in [-0.05, 0) is 32.7 Å². The van der Waals surface area contributed by atoms with Gasteiger partial charge in [-0.1, -0.05) is 36.4 Å². The highest BCUT2D eigenvalue weighted by Crippen LogP contribution is 2.01. The number of benzene rings is 1. The van der Waals surface area contributed by atoms with E-state index in [-0.39, 0.29) is 0 Å². The summed E-state index contributed by atoms with van der Waals surface area (Å²) in [5.41, 5.74) is 10.6. The maximum Gasteiger partial charge on any atom is 0.326 e. The molecule has 0 heterocycles. The number of carbonyl (C=O) groups is 2. The van der Waals surface area contributed by atoms with Crippen LogP contribution in [0.3, 0.4) is 0 Å². The van der Waals surface area contributed by atoms with Gasteiger partial charge in [-0.25, -0.2) is 4.79 Å². The SMILES string of the molecule is CC(N)C(=O)NC(CCCCN)C(=O)O.c1ccccc1. The summed E-state index contributed by atoms with van der Waals surface area (Å²) < 4.78 is 0. The van der Waals surface area contributed by atoms with E-state index in [1.54, 1.807) is 0 Å². The maximum atomic E-state index is 11.2. The first-order valence-corrected chi connectivity index (χ1v) is 6.98. The van der Waals surface area contributed by atoms with Crippen LogP contribution < -0.4 is 16.8 Å². The Morgan fingerprint density at radius 3 is 1.90 bits per heavy atom. The molecule has 1 rings (SSSR count). The third kappa shape index (κ3) is 10.5. The van der Waals surface area contributed by atoms with Crippen molar-refractivity contribution in [2.45, 2.75) is 38.3 Å². The van der Waals surface area contributed by atoms with E-state index in [0.717, 1.165) is 6.42 Å². The fourth-order valence-electron chi connectivity index (χ4n) is 1.44. The molecule has 21 heavy (non-hydrogen) atoms. The Bertz CT molecular complexity index is 370. The number of rotatable bonds is 7. The maximum absolute atomic E-state index is 11.2. The third-order valence-corrected chi connectivity index (χ3v) is 2.64. The molecular weight excluding hydrogens is 270 g/mol. The molecule has 6 N–H and O–H groups in total. The first-order chi connectivity index (χ1) is 9.99. The van der Waals surface area contributed by atoms with Gasteiger partial charge in [-0.3, -0.25) is 4.79 Å². The summed E-state index contributed by atoms with van der Waals surface area (Å²) in [4.78, 5) is 21.9. The molecule has 0 aromatic heterocycles. The van der Waals surface area contributed by atoms with Crippen molar-refractivity contribution in [1.29, 1.82) is 0 Å². The van der Waals surface area contributed by atoms with E-state index < -0.39 is 24.0 Å². The predicted molar refractivity (Wildman–Crippen MR) is 82.6 cm³/mol. The number of carbonyl (C=O) groups excluding carboxylic acids is 1.